The summed E-state index contributed by atoms with van der Waals surface area (Å²) in [6, 6.07) is 18.0. The van der Waals surface area contributed by atoms with Crippen molar-refractivity contribution >= 4 is 11.6 Å². The predicted octanol–water partition coefficient (Wildman–Crippen LogP) is 2.69. The Labute approximate surface area is 151 Å². The van der Waals surface area contributed by atoms with Gasteiger partial charge in [-0.25, -0.2) is 0 Å². The Hall–Kier alpha value is -3.43. The molecule has 0 bridgehead atoms. The summed E-state index contributed by atoms with van der Waals surface area (Å²) in [5.41, 5.74) is 3.54. The second-order valence-corrected chi connectivity index (χ2v) is 5.79. The van der Waals surface area contributed by atoms with Crippen LogP contribution in [0, 0.1) is 11.3 Å². The summed E-state index contributed by atoms with van der Waals surface area (Å²) in [7, 11) is 1.70. The summed E-state index contributed by atoms with van der Waals surface area (Å²) in [5, 5.41) is 22.2. The van der Waals surface area contributed by atoms with E-state index >= 15 is 0 Å². The number of rotatable bonds is 5. The van der Waals surface area contributed by atoms with Gasteiger partial charge in [0.25, 0.3) is 5.91 Å². The Kier molecular flexibility index (Phi) is 5.11. The molecule has 0 aliphatic rings. The highest BCUT2D eigenvalue weighted by Gasteiger charge is 2.14. The number of anilines is 1. The van der Waals surface area contributed by atoms with Gasteiger partial charge in [0, 0.05) is 30.1 Å². The van der Waals surface area contributed by atoms with Gasteiger partial charge in [-0.1, -0.05) is 12.1 Å². The van der Waals surface area contributed by atoms with Crippen molar-refractivity contribution in [2.45, 2.75) is 6.54 Å². The highest BCUT2D eigenvalue weighted by atomic mass is 16.3. The molecule has 26 heavy (non-hydrogen) atoms. The van der Waals surface area contributed by atoms with Gasteiger partial charge < -0.3 is 10.0 Å². The number of hydrogen-bond acceptors (Lipinski definition) is 4. The lowest BCUT2D eigenvalue weighted by molar-refractivity contribution is 0.0993. The van der Waals surface area contributed by atoms with Gasteiger partial charge >= 0.3 is 0 Å². The van der Waals surface area contributed by atoms with Crippen molar-refractivity contribution in [3.63, 3.8) is 0 Å². The third kappa shape index (κ3) is 3.63. The SMILES string of the molecule is CN(C(=O)c1ccc(-c2ccn(CCO)n2)cc1)c1ccc(C#N)cc1. The van der Waals surface area contributed by atoms with Gasteiger partial charge in [-0.3, -0.25) is 9.48 Å². The second-order valence-electron chi connectivity index (χ2n) is 5.79. The van der Waals surface area contributed by atoms with Crippen molar-refractivity contribution in [3.8, 4) is 17.3 Å². The molecule has 0 spiro atoms. The van der Waals surface area contributed by atoms with Crippen LogP contribution in [-0.2, 0) is 6.54 Å². The van der Waals surface area contributed by atoms with Gasteiger partial charge in [-0.15, -0.1) is 0 Å². The summed E-state index contributed by atoms with van der Waals surface area (Å²) in [6.45, 7) is 0.488. The van der Waals surface area contributed by atoms with E-state index in [4.69, 9.17) is 10.4 Å². The molecular weight excluding hydrogens is 328 g/mol. The normalized spacial score (nSPS) is 10.3. The number of amides is 1. The maximum absolute atomic E-state index is 12.7. The number of carbonyl (C=O) groups is 1. The highest BCUT2D eigenvalue weighted by molar-refractivity contribution is 6.05. The fourth-order valence-corrected chi connectivity index (χ4v) is 2.60. The summed E-state index contributed by atoms with van der Waals surface area (Å²) in [4.78, 5) is 14.2. The van der Waals surface area contributed by atoms with E-state index < -0.39 is 0 Å². The van der Waals surface area contributed by atoms with Gasteiger partial charge in [0.1, 0.15) is 0 Å². The van der Waals surface area contributed by atoms with Crippen LogP contribution in [0.3, 0.4) is 0 Å². The molecule has 0 atom stereocenters. The zero-order valence-corrected chi connectivity index (χ0v) is 14.3. The lowest BCUT2D eigenvalue weighted by atomic mass is 10.1. The Bertz CT molecular complexity index is 937. The zero-order valence-electron chi connectivity index (χ0n) is 14.3. The van der Waals surface area contributed by atoms with Crippen LogP contribution in [-0.4, -0.2) is 34.4 Å². The van der Waals surface area contributed by atoms with E-state index in [1.807, 2.05) is 24.4 Å². The predicted molar refractivity (Wildman–Crippen MR) is 98.6 cm³/mol. The molecular formula is C20H18N4O2. The van der Waals surface area contributed by atoms with E-state index in [1.54, 1.807) is 53.0 Å². The van der Waals surface area contributed by atoms with Crippen molar-refractivity contribution < 1.29 is 9.90 Å². The molecule has 0 saturated heterocycles. The molecule has 0 saturated carbocycles. The first-order valence-electron chi connectivity index (χ1n) is 8.15. The number of hydrogen-bond donors (Lipinski definition) is 1. The van der Waals surface area contributed by atoms with Gasteiger partial charge in [-0.2, -0.15) is 10.4 Å². The van der Waals surface area contributed by atoms with Crippen molar-refractivity contribution in [2.75, 3.05) is 18.6 Å². The number of aliphatic hydroxyl groups is 1. The van der Waals surface area contributed by atoms with Crippen LogP contribution in [0.2, 0.25) is 0 Å². The second kappa shape index (κ2) is 7.64. The first-order valence-corrected chi connectivity index (χ1v) is 8.15. The molecule has 0 unspecified atom stereocenters. The third-order valence-electron chi connectivity index (χ3n) is 4.09. The largest absolute Gasteiger partial charge is 0.394 e. The maximum atomic E-state index is 12.7. The molecule has 3 aromatic rings. The highest BCUT2D eigenvalue weighted by Crippen LogP contribution is 2.20. The Balaban J connectivity index is 1.76. The number of aliphatic hydroxyl groups excluding tert-OH is 1. The van der Waals surface area contributed by atoms with E-state index in [1.165, 1.54) is 0 Å². The molecule has 1 N–H and O–H groups in total. The minimum Gasteiger partial charge on any atom is -0.394 e. The summed E-state index contributed by atoms with van der Waals surface area (Å²) < 4.78 is 1.67. The fourth-order valence-electron chi connectivity index (χ4n) is 2.60. The average Bonchev–Trinajstić information content (AvgIpc) is 3.16. The van der Waals surface area contributed by atoms with Crippen molar-refractivity contribution in [3.05, 3.63) is 71.9 Å². The number of benzene rings is 2. The van der Waals surface area contributed by atoms with Crippen molar-refractivity contribution in [1.82, 2.24) is 9.78 Å². The van der Waals surface area contributed by atoms with E-state index in [0.717, 1.165) is 16.9 Å². The number of aromatic nitrogens is 2. The number of nitriles is 1. The molecule has 130 valence electrons. The Morgan fingerprint density at radius 1 is 1.15 bits per heavy atom. The molecule has 0 radical (unpaired) electrons. The molecule has 6 heteroatoms. The van der Waals surface area contributed by atoms with Crippen LogP contribution in [0.1, 0.15) is 15.9 Å². The molecule has 1 heterocycles. The average molecular weight is 346 g/mol. The standard InChI is InChI=1S/C20H18N4O2/c1-23(18-8-2-15(14-21)3-9-18)20(26)17-6-4-16(5-7-17)19-10-11-24(22-19)12-13-25/h2-11,25H,12-13H2,1H3. The summed E-state index contributed by atoms with van der Waals surface area (Å²) in [5.74, 6) is -0.132. The van der Waals surface area contributed by atoms with Crippen LogP contribution in [0.15, 0.2) is 60.8 Å². The molecule has 0 aliphatic carbocycles. The topological polar surface area (TPSA) is 82.2 Å². The summed E-state index contributed by atoms with van der Waals surface area (Å²) >= 11 is 0. The van der Waals surface area contributed by atoms with E-state index in [9.17, 15) is 4.79 Å². The summed E-state index contributed by atoms with van der Waals surface area (Å²) in [6.07, 6.45) is 1.81. The minimum absolute atomic E-state index is 0.0379. The van der Waals surface area contributed by atoms with Crippen LogP contribution >= 0.6 is 0 Å². The fraction of sp³-hybridized carbons (Fsp3) is 0.150. The smallest absolute Gasteiger partial charge is 0.258 e. The molecule has 0 aliphatic heterocycles. The van der Waals surface area contributed by atoms with Gasteiger partial charge in [0.2, 0.25) is 0 Å². The van der Waals surface area contributed by atoms with E-state index in [0.29, 0.717) is 17.7 Å². The van der Waals surface area contributed by atoms with Crippen molar-refractivity contribution in [1.29, 1.82) is 5.26 Å². The first kappa shape index (κ1) is 17.4. The first-order chi connectivity index (χ1) is 12.6. The minimum atomic E-state index is -0.132. The molecule has 1 aromatic heterocycles. The van der Waals surface area contributed by atoms with Crippen LogP contribution < -0.4 is 4.90 Å². The van der Waals surface area contributed by atoms with Gasteiger partial charge in [0.05, 0.1) is 30.5 Å². The van der Waals surface area contributed by atoms with Gasteiger partial charge in [0.15, 0.2) is 0 Å². The van der Waals surface area contributed by atoms with E-state index in [2.05, 4.69) is 11.2 Å². The van der Waals surface area contributed by atoms with Crippen LogP contribution in [0.4, 0.5) is 5.69 Å². The molecule has 2 aromatic carbocycles. The van der Waals surface area contributed by atoms with Gasteiger partial charge in [-0.05, 0) is 42.5 Å². The van der Waals surface area contributed by atoms with Crippen molar-refractivity contribution in [2.24, 2.45) is 0 Å². The van der Waals surface area contributed by atoms with Crippen LogP contribution in [0.25, 0.3) is 11.3 Å². The third-order valence-corrected chi connectivity index (χ3v) is 4.09. The maximum Gasteiger partial charge on any atom is 0.258 e. The van der Waals surface area contributed by atoms with E-state index in [-0.39, 0.29) is 12.5 Å². The lowest BCUT2D eigenvalue weighted by Gasteiger charge is -2.17. The quantitative estimate of drug-likeness (QED) is 0.770. The number of carbonyl (C=O) groups excluding carboxylic acids is 1. The lowest BCUT2D eigenvalue weighted by Crippen LogP contribution is -2.26. The zero-order chi connectivity index (χ0) is 18.5. The number of nitrogens with zero attached hydrogens (tertiary/aromatic N) is 4. The van der Waals surface area contributed by atoms with Crippen LogP contribution in [0.5, 0.6) is 0 Å². The molecule has 6 nitrogen and oxygen atoms in total. The Morgan fingerprint density at radius 2 is 1.85 bits per heavy atom. The molecule has 0 fully saturated rings. The molecule has 3 rings (SSSR count). The molecule has 1 amide bonds. The monoisotopic (exact) mass is 346 g/mol. The Morgan fingerprint density at radius 3 is 2.46 bits per heavy atom.